The lowest BCUT2D eigenvalue weighted by Crippen LogP contribution is -1.90. The van der Waals surface area contributed by atoms with Crippen molar-refractivity contribution in [2.24, 2.45) is 0 Å². The van der Waals surface area contributed by atoms with Crippen LogP contribution < -0.4 is 14.8 Å². The lowest BCUT2D eigenvalue weighted by Gasteiger charge is -2.08. The molecule has 1 N–H and O–H groups in total. The van der Waals surface area contributed by atoms with Crippen LogP contribution in [0.3, 0.4) is 0 Å². The van der Waals surface area contributed by atoms with Gasteiger partial charge in [-0.15, -0.1) is 0 Å². The van der Waals surface area contributed by atoms with Crippen LogP contribution in [-0.4, -0.2) is 19.2 Å². The first-order chi connectivity index (χ1) is 10.2. The molecule has 4 nitrogen and oxygen atoms in total. The normalized spacial score (nSPS) is 10.6. The number of rotatable bonds is 4. The third-order valence-electron chi connectivity index (χ3n) is 2.99. The molecule has 0 aliphatic carbocycles. The van der Waals surface area contributed by atoms with Gasteiger partial charge in [0, 0.05) is 11.8 Å². The molecule has 6 heteroatoms. The Labute approximate surface area is 131 Å². The maximum Gasteiger partial charge on any atom is 0.188 e. The Kier molecular flexibility index (Phi) is 3.86. The fourth-order valence-corrected chi connectivity index (χ4v) is 3.36. The highest BCUT2D eigenvalue weighted by Gasteiger charge is 2.17. The maximum absolute atomic E-state index is 6.27. The van der Waals surface area contributed by atoms with Gasteiger partial charge in [0.15, 0.2) is 16.6 Å². The number of halogens is 1. The van der Waals surface area contributed by atoms with Gasteiger partial charge in [0.05, 0.1) is 19.2 Å². The Bertz CT molecular complexity index is 774. The van der Waals surface area contributed by atoms with Crippen LogP contribution >= 0.6 is 22.9 Å². The van der Waals surface area contributed by atoms with Crippen LogP contribution in [-0.2, 0) is 0 Å². The summed E-state index contributed by atoms with van der Waals surface area (Å²) in [6, 6.07) is 11.6. The molecule has 108 valence electrons. The van der Waals surface area contributed by atoms with Crippen LogP contribution in [0.15, 0.2) is 36.4 Å². The molecule has 21 heavy (non-hydrogen) atoms. The monoisotopic (exact) mass is 320 g/mol. The van der Waals surface area contributed by atoms with Crippen molar-refractivity contribution in [3.8, 4) is 11.5 Å². The van der Waals surface area contributed by atoms with Crippen LogP contribution in [0.5, 0.6) is 11.5 Å². The van der Waals surface area contributed by atoms with Crippen LogP contribution in [0, 0.1) is 0 Å². The highest BCUT2D eigenvalue weighted by molar-refractivity contribution is 7.22. The first kappa shape index (κ1) is 14.0. The van der Waals surface area contributed by atoms with Crippen molar-refractivity contribution in [1.82, 2.24) is 4.98 Å². The zero-order valence-electron chi connectivity index (χ0n) is 11.5. The molecule has 2 aromatic carbocycles. The van der Waals surface area contributed by atoms with Gasteiger partial charge >= 0.3 is 0 Å². The van der Waals surface area contributed by atoms with E-state index < -0.39 is 0 Å². The van der Waals surface area contributed by atoms with Gasteiger partial charge < -0.3 is 14.8 Å². The van der Waals surface area contributed by atoms with Crippen molar-refractivity contribution in [1.29, 1.82) is 0 Å². The highest BCUT2D eigenvalue weighted by atomic mass is 35.5. The predicted octanol–water partition coefficient (Wildman–Crippen LogP) is 4.71. The average molecular weight is 321 g/mol. The standard InChI is InChI=1S/C15H13ClN2O2S/c1-19-11-8-10(16)12-14(13(11)20-2)21-15(18-12)17-9-6-4-3-5-7-9/h3-8H,1-2H3,(H,17,18). The van der Waals surface area contributed by atoms with Gasteiger partial charge in [-0.05, 0) is 12.1 Å². The van der Waals surface area contributed by atoms with Gasteiger partial charge in [0.2, 0.25) is 0 Å². The van der Waals surface area contributed by atoms with E-state index in [4.69, 9.17) is 21.1 Å². The molecule has 1 heterocycles. The minimum absolute atomic E-state index is 0.542. The lowest BCUT2D eigenvalue weighted by molar-refractivity contribution is 0.359. The molecule has 3 rings (SSSR count). The highest BCUT2D eigenvalue weighted by Crippen LogP contribution is 2.44. The summed E-state index contributed by atoms with van der Waals surface area (Å²) in [6.45, 7) is 0. The molecule has 0 atom stereocenters. The summed E-state index contributed by atoms with van der Waals surface area (Å²) in [4.78, 5) is 4.53. The molecule has 0 radical (unpaired) electrons. The van der Waals surface area contributed by atoms with E-state index in [-0.39, 0.29) is 0 Å². The van der Waals surface area contributed by atoms with Crippen LogP contribution in [0.1, 0.15) is 0 Å². The van der Waals surface area contributed by atoms with Crippen molar-refractivity contribution in [3.05, 3.63) is 41.4 Å². The Morgan fingerprint density at radius 2 is 1.90 bits per heavy atom. The summed E-state index contributed by atoms with van der Waals surface area (Å²) in [5.74, 6) is 1.25. The molecule has 3 aromatic rings. The molecule has 1 aromatic heterocycles. The molecule has 0 aliphatic heterocycles. The molecular weight excluding hydrogens is 308 g/mol. The Balaban J connectivity index is 2.09. The molecule has 0 aliphatic rings. The van der Waals surface area contributed by atoms with E-state index in [9.17, 15) is 0 Å². The fraction of sp³-hybridized carbons (Fsp3) is 0.133. The van der Waals surface area contributed by atoms with Gasteiger partial charge in [0.1, 0.15) is 10.2 Å². The summed E-state index contributed by atoms with van der Waals surface area (Å²) in [5, 5.41) is 4.56. The van der Waals surface area contributed by atoms with Gasteiger partial charge in [-0.25, -0.2) is 4.98 Å². The van der Waals surface area contributed by atoms with E-state index in [1.54, 1.807) is 20.3 Å². The minimum Gasteiger partial charge on any atom is -0.493 e. The van der Waals surface area contributed by atoms with Crippen molar-refractivity contribution in [2.45, 2.75) is 0 Å². The number of hydrogen-bond donors (Lipinski definition) is 1. The minimum atomic E-state index is 0.542. The second-order valence-electron chi connectivity index (χ2n) is 4.28. The summed E-state index contributed by atoms with van der Waals surface area (Å²) in [7, 11) is 3.19. The van der Waals surface area contributed by atoms with E-state index in [0.717, 1.165) is 15.5 Å². The molecule has 0 saturated carbocycles. The lowest BCUT2D eigenvalue weighted by atomic mass is 10.3. The number of thiazole rings is 1. The Hall–Kier alpha value is -1.98. The van der Waals surface area contributed by atoms with E-state index in [0.29, 0.717) is 22.0 Å². The third kappa shape index (κ3) is 2.62. The molecule has 0 unspecified atom stereocenters. The van der Waals surface area contributed by atoms with Gasteiger partial charge in [-0.2, -0.15) is 0 Å². The van der Waals surface area contributed by atoms with Gasteiger partial charge in [-0.3, -0.25) is 0 Å². The SMILES string of the molecule is COc1cc(Cl)c2nc(Nc3ccccc3)sc2c1OC. The van der Waals surface area contributed by atoms with Crippen molar-refractivity contribution >= 4 is 44.0 Å². The molecule has 0 fully saturated rings. The largest absolute Gasteiger partial charge is 0.493 e. The van der Waals surface area contributed by atoms with Gasteiger partial charge in [-0.1, -0.05) is 41.1 Å². The quantitative estimate of drug-likeness (QED) is 0.756. The smallest absolute Gasteiger partial charge is 0.188 e. The molecule has 0 amide bonds. The topological polar surface area (TPSA) is 43.4 Å². The zero-order valence-corrected chi connectivity index (χ0v) is 13.1. The summed E-state index contributed by atoms with van der Waals surface area (Å²) < 4.78 is 11.6. The average Bonchev–Trinajstić information content (AvgIpc) is 2.92. The summed E-state index contributed by atoms with van der Waals surface area (Å²) >= 11 is 7.74. The first-order valence-electron chi connectivity index (χ1n) is 6.26. The fourth-order valence-electron chi connectivity index (χ4n) is 2.04. The number of methoxy groups -OCH3 is 2. The van der Waals surface area contributed by atoms with E-state index in [1.165, 1.54) is 11.3 Å². The second-order valence-corrected chi connectivity index (χ2v) is 5.69. The Morgan fingerprint density at radius 3 is 2.57 bits per heavy atom. The number of para-hydroxylation sites is 1. The number of benzene rings is 2. The number of fused-ring (bicyclic) bond motifs is 1. The molecule has 0 saturated heterocycles. The van der Waals surface area contributed by atoms with E-state index >= 15 is 0 Å². The number of anilines is 2. The van der Waals surface area contributed by atoms with Crippen LogP contribution in [0.25, 0.3) is 10.2 Å². The second kappa shape index (κ2) is 5.79. The van der Waals surface area contributed by atoms with Gasteiger partial charge in [0.25, 0.3) is 0 Å². The summed E-state index contributed by atoms with van der Waals surface area (Å²) in [6.07, 6.45) is 0. The molecular formula is C15H13ClN2O2S. The Morgan fingerprint density at radius 1 is 1.14 bits per heavy atom. The molecule has 0 spiro atoms. The number of ether oxygens (including phenoxy) is 2. The number of nitrogens with zero attached hydrogens (tertiary/aromatic N) is 1. The number of hydrogen-bond acceptors (Lipinski definition) is 5. The van der Waals surface area contributed by atoms with E-state index in [1.807, 2.05) is 30.3 Å². The maximum atomic E-state index is 6.27. The van der Waals surface area contributed by atoms with E-state index in [2.05, 4.69) is 10.3 Å². The summed E-state index contributed by atoms with van der Waals surface area (Å²) in [5.41, 5.74) is 1.68. The van der Waals surface area contributed by atoms with Crippen molar-refractivity contribution in [2.75, 3.05) is 19.5 Å². The number of aromatic nitrogens is 1. The zero-order chi connectivity index (χ0) is 14.8. The molecule has 0 bridgehead atoms. The first-order valence-corrected chi connectivity index (χ1v) is 7.45. The number of nitrogens with one attached hydrogen (secondary N) is 1. The van der Waals surface area contributed by atoms with Crippen LogP contribution in [0.4, 0.5) is 10.8 Å². The third-order valence-corrected chi connectivity index (χ3v) is 4.25. The van der Waals surface area contributed by atoms with Crippen molar-refractivity contribution in [3.63, 3.8) is 0 Å². The predicted molar refractivity (Wildman–Crippen MR) is 87.5 cm³/mol. The van der Waals surface area contributed by atoms with Crippen molar-refractivity contribution < 1.29 is 9.47 Å². The van der Waals surface area contributed by atoms with Crippen LogP contribution in [0.2, 0.25) is 5.02 Å².